The highest BCUT2D eigenvalue weighted by atomic mass is 16.2. The fraction of sp³-hybridized carbons (Fsp3) is 0.320. The molecule has 1 saturated carbocycles. The molecular formula is C25H26N8O2. The minimum atomic E-state index is -0.124. The van der Waals surface area contributed by atoms with E-state index in [4.69, 9.17) is 4.98 Å². The molecule has 10 nitrogen and oxygen atoms in total. The molecule has 1 fully saturated rings. The SMILES string of the molecule is CC(=O)N(C)c1cc(-n2c3nc(Nc4ccc5c(c4)CNCC5)ncc3c(=O)n2C2CC2)ccn1. The van der Waals surface area contributed by atoms with Gasteiger partial charge in [-0.3, -0.25) is 9.59 Å². The molecule has 1 aromatic carbocycles. The zero-order valence-electron chi connectivity index (χ0n) is 19.7. The van der Waals surface area contributed by atoms with Gasteiger partial charge in [0.15, 0.2) is 5.65 Å². The monoisotopic (exact) mass is 470 g/mol. The van der Waals surface area contributed by atoms with Crippen molar-refractivity contribution in [1.82, 2.24) is 29.6 Å². The molecule has 178 valence electrons. The van der Waals surface area contributed by atoms with Crippen LogP contribution in [-0.4, -0.2) is 43.8 Å². The normalized spacial score (nSPS) is 15.1. The Labute approximate surface area is 201 Å². The van der Waals surface area contributed by atoms with Crippen molar-refractivity contribution < 1.29 is 4.79 Å². The van der Waals surface area contributed by atoms with E-state index in [1.54, 1.807) is 30.2 Å². The fourth-order valence-electron chi connectivity index (χ4n) is 4.53. The van der Waals surface area contributed by atoms with Crippen molar-refractivity contribution in [3.05, 3.63) is 64.2 Å². The lowest BCUT2D eigenvalue weighted by molar-refractivity contribution is -0.116. The number of carbonyl (C=O) groups is 1. The van der Waals surface area contributed by atoms with Crippen LogP contribution >= 0.6 is 0 Å². The van der Waals surface area contributed by atoms with E-state index in [9.17, 15) is 9.59 Å². The van der Waals surface area contributed by atoms with Gasteiger partial charge in [-0.15, -0.1) is 0 Å². The standard InChI is InChI=1S/C25H26N8O2/c1-15(34)31(2)22-12-20(8-10-27-22)32-23-21(24(35)33(32)19-5-6-19)14-28-25(30-23)29-18-4-3-16-7-9-26-13-17(16)11-18/h3-4,8,10-12,14,19,26H,5-7,9,13H2,1-2H3,(H,28,29,30). The predicted molar refractivity (Wildman–Crippen MR) is 133 cm³/mol. The number of rotatable bonds is 5. The first-order valence-electron chi connectivity index (χ1n) is 11.8. The zero-order chi connectivity index (χ0) is 24.1. The molecule has 1 aliphatic carbocycles. The predicted octanol–water partition coefficient (Wildman–Crippen LogP) is 2.68. The number of benzene rings is 1. The number of anilines is 3. The average molecular weight is 471 g/mol. The summed E-state index contributed by atoms with van der Waals surface area (Å²) in [4.78, 5) is 40.2. The van der Waals surface area contributed by atoms with Crippen molar-refractivity contribution in [2.75, 3.05) is 23.8 Å². The van der Waals surface area contributed by atoms with Gasteiger partial charge in [0.25, 0.3) is 5.56 Å². The van der Waals surface area contributed by atoms with Crippen LogP contribution in [0, 0.1) is 0 Å². The van der Waals surface area contributed by atoms with Crippen LogP contribution in [-0.2, 0) is 17.8 Å². The Morgan fingerprint density at radius 1 is 1.17 bits per heavy atom. The number of fused-ring (bicyclic) bond motifs is 2. The first-order valence-corrected chi connectivity index (χ1v) is 11.8. The average Bonchev–Trinajstić information content (AvgIpc) is 3.67. The Hall–Kier alpha value is -4.05. The second-order valence-electron chi connectivity index (χ2n) is 9.11. The third-order valence-corrected chi connectivity index (χ3v) is 6.65. The number of nitrogens with one attached hydrogen (secondary N) is 2. The van der Waals surface area contributed by atoms with E-state index in [2.05, 4.69) is 32.7 Å². The van der Waals surface area contributed by atoms with Crippen LogP contribution in [0.25, 0.3) is 16.7 Å². The second kappa shape index (κ2) is 8.31. The van der Waals surface area contributed by atoms with Crippen molar-refractivity contribution in [1.29, 1.82) is 0 Å². The molecule has 4 heterocycles. The molecular weight excluding hydrogens is 444 g/mol. The van der Waals surface area contributed by atoms with Gasteiger partial charge >= 0.3 is 0 Å². The zero-order valence-corrected chi connectivity index (χ0v) is 19.7. The Kier molecular flexibility index (Phi) is 5.10. The minimum Gasteiger partial charge on any atom is -0.324 e. The van der Waals surface area contributed by atoms with Gasteiger partial charge in [0.2, 0.25) is 11.9 Å². The van der Waals surface area contributed by atoms with Crippen LogP contribution < -0.4 is 21.1 Å². The van der Waals surface area contributed by atoms with Crippen LogP contribution in [0.1, 0.15) is 36.9 Å². The lowest BCUT2D eigenvalue weighted by Crippen LogP contribution is -2.25. The summed E-state index contributed by atoms with van der Waals surface area (Å²) in [6, 6.07) is 10.0. The van der Waals surface area contributed by atoms with Gasteiger partial charge in [0, 0.05) is 44.7 Å². The molecule has 6 rings (SSSR count). The molecule has 0 atom stereocenters. The van der Waals surface area contributed by atoms with Crippen molar-refractivity contribution in [2.24, 2.45) is 0 Å². The maximum atomic E-state index is 13.3. The summed E-state index contributed by atoms with van der Waals surface area (Å²) >= 11 is 0. The molecule has 2 N–H and O–H groups in total. The van der Waals surface area contributed by atoms with Crippen LogP contribution in [0.4, 0.5) is 17.5 Å². The highest BCUT2D eigenvalue weighted by Crippen LogP contribution is 2.36. The molecule has 4 aromatic rings. The third-order valence-electron chi connectivity index (χ3n) is 6.65. The van der Waals surface area contributed by atoms with Crippen LogP contribution in [0.3, 0.4) is 0 Å². The Morgan fingerprint density at radius 2 is 2.03 bits per heavy atom. The summed E-state index contributed by atoms with van der Waals surface area (Å²) < 4.78 is 3.58. The fourth-order valence-corrected chi connectivity index (χ4v) is 4.53. The van der Waals surface area contributed by atoms with E-state index < -0.39 is 0 Å². The molecule has 0 unspecified atom stereocenters. The summed E-state index contributed by atoms with van der Waals surface area (Å²) in [7, 11) is 1.68. The van der Waals surface area contributed by atoms with E-state index in [0.717, 1.165) is 38.0 Å². The lowest BCUT2D eigenvalue weighted by atomic mass is 10.0. The van der Waals surface area contributed by atoms with Crippen molar-refractivity contribution in [3.63, 3.8) is 0 Å². The van der Waals surface area contributed by atoms with Crippen molar-refractivity contribution in [2.45, 2.75) is 38.8 Å². The first-order chi connectivity index (χ1) is 17.0. The molecule has 0 saturated heterocycles. The van der Waals surface area contributed by atoms with E-state index >= 15 is 0 Å². The smallest absolute Gasteiger partial charge is 0.278 e. The summed E-state index contributed by atoms with van der Waals surface area (Å²) in [5, 5.41) is 7.15. The molecule has 2 aliphatic rings. The highest BCUT2D eigenvalue weighted by molar-refractivity contribution is 5.90. The number of amides is 1. The van der Waals surface area contributed by atoms with Gasteiger partial charge in [-0.2, -0.15) is 4.98 Å². The number of pyridine rings is 1. The number of nitrogens with zero attached hydrogens (tertiary/aromatic N) is 6. The summed E-state index contributed by atoms with van der Waals surface area (Å²) in [6.07, 6.45) is 6.11. The Balaban J connectivity index is 1.45. The molecule has 0 spiro atoms. The minimum absolute atomic E-state index is 0.114. The van der Waals surface area contributed by atoms with Gasteiger partial charge in [-0.1, -0.05) is 6.07 Å². The Bertz CT molecular complexity index is 1520. The molecule has 35 heavy (non-hydrogen) atoms. The Morgan fingerprint density at radius 3 is 2.83 bits per heavy atom. The lowest BCUT2D eigenvalue weighted by Gasteiger charge is -2.18. The number of hydrogen-bond donors (Lipinski definition) is 2. The van der Waals surface area contributed by atoms with Crippen molar-refractivity contribution >= 4 is 34.4 Å². The van der Waals surface area contributed by atoms with E-state index in [-0.39, 0.29) is 17.5 Å². The van der Waals surface area contributed by atoms with Gasteiger partial charge in [-0.05, 0) is 55.1 Å². The van der Waals surface area contributed by atoms with Crippen molar-refractivity contribution in [3.8, 4) is 5.69 Å². The van der Waals surface area contributed by atoms with Gasteiger partial charge in [0.1, 0.15) is 11.2 Å². The van der Waals surface area contributed by atoms with E-state index in [1.807, 2.05) is 16.8 Å². The number of carbonyl (C=O) groups excluding carboxylic acids is 1. The van der Waals surface area contributed by atoms with Crippen LogP contribution in [0.15, 0.2) is 47.5 Å². The number of hydrogen-bond acceptors (Lipinski definition) is 7. The van der Waals surface area contributed by atoms with Crippen LogP contribution in [0.2, 0.25) is 0 Å². The highest BCUT2D eigenvalue weighted by Gasteiger charge is 2.31. The second-order valence-corrected chi connectivity index (χ2v) is 9.11. The summed E-state index contributed by atoms with van der Waals surface area (Å²) in [6.45, 7) is 3.32. The molecule has 1 amide bonds. The maximum Gasteiger partial charge on any atom is 0.278 e. The topological polar surface area (TPSA) is 110 Å². The summed E-state index contributed by atoms with van der Waals surface area (Å²) in [5.74, 6) is 0.792. The third kappa shape index (κ3) is 3.85. The van der Waals surface area contributed by atoms with E-state index in [1.165, 1.54) is 23.0 Å². The summed E-state index contributed by atoms with van der Waals surface area (Å²) in [5.41, 5.74) is 4.63. The van der Waals surface area contributed by atoms with Gasteiger partial charge in [0.05, 0.1) is 11.7 Å². The first kappa shape index (κ1) is 21.5. The molecule has 0 bridgehead atoms. The molecule has 1 aliphatic heterocycles. The maximum absolute atomic E-state index is 13.3. The van der Waals surface area contributed by atoms with Gasteiger partial charge in [-0.25, -0.2) is 19.3 Å². The van der Waals surface area contributed by atoms with E-state index in [0.29, 0.717) is 28.5 Å². The molecule has 10 heteroatoms. The molecule has 0 radical (unpaired) electrons. The van der Waals surface area contributed by atoms with Gasteiger partial charge < -0.3 is 15.5 Å². The van der Waals surface area contributed by atoms with Crippen LogP contribution in [0.5, 0.6) is 0 Å². The quantitative estimate of drug-likeness (QED) is 0.461. The molecule has 3 aromatic heterocycles. The largest absolute Gasteiger partial charge is 0.324 e. The number of aromatic nitrogens is 5.